The molecule has 1 aliphatic heterocycles. The largest absolute Gasteiger partial charge is 0.350 e. The lowest BCUT2D eigenvalue weighted by molar-refractivity contribution is -0.135. The van der Waals surface area contributed by atoms with Crippen molar-refractivity contribution >= 4 is 28.5 Å². The molecule has 4 aromatic rings. The second kappa shape index (κ2) is 9.68. The molecule has 0 atom stereocenters. The van der Waals surface area contributed by atoms with Crippen LogP contribution in [0.4, 0.5) is 14.7 Å². The molecule has 0 radical (unpaired) electrons. The first-order valence-corrected chi connectivity index (χ1v) is 13.0. The zero-order chi connectivity index (χ0) is 25.5. The SMILES string of the molecule is Cc1nc2ccc(-c3ccn4nc(N[C@H]5CC[C@@H](C(=O)N6CCCC6)CC5)ncc34)nc2n1CC(F)F. The van der Waals surface area contributed by atoms with Crippen LogP contribution in [0.25, 0.3) is 27.9 Å². The van der Waals surface area contributed by atoms with Gasteiger partial charge >= 0.3 is 0 Å². The van der Waals surface area contributed by atoms with E-state index in [0.29, 0.717) is 34.5 Å². The van der Waals surface area contributed by atoms with Crippen LogP contribution < -0.4 is 5.32 Å². The minimum absolute atomic E-state index is 0.136. The van der Waals surface area contributed by atoms with Crippen molar-refractivity contribution in [1.29, 1.82) is 0 Å². The fourth-order valence-corrected chi connectivity index (χ4v) is 5.67. The normalized spacial score (nSPS) is 20.4. The fourth-order valence-electron chi connectivity index (χ4n) is 5.67. The first-order valence-electron chi connectivity index (χ1n) is 13.0. The van der Waals surface area contributed by atoms with Crippen LogP contribution in [0.2, 0.25) is 0 Å². The molecular formula is C26H30F2N8O. The van der Waals surface area contributed by atoms with Gasteiger partial charge in [-0.1, -0.05) is 0 Å². The molecule has 37 heavy (non-hydrogen) atoms. The molecule has 1 N–H and O–H groups in total. The summed E-state index contributed by atoms with van der Waals surface area (Å²) in [7, 11) is 0. The van der Waals surface area contributed by atoms with E-state index in [0.717, 1.165) is 62.7 Å². The van der Waals surface area contributed by atoms with E-state index in [1.807, 2.05) is 23.2 Å². The van der Waals surface area contributed by atoms with E-state index in [4.69, 9.17) is 0 Å². The third-order valence-corrected chi connectivity index (χ3v) is 7.62. The summed E-state index contributed by atoms with van der Waals surface area (Å²) in [5, 5.41) is 8.07. The Morgan fingerprint density at radius 2 is 1.89 bits per heavy atom. The third-order valence-electron chi connectivity index (χ3n) is 7.62. The number of hydrogen-bond donors (Lipinski definition) is 1. The lowest BCUT2D eigenvalue weighted by Crippen LogP contribution is -2.37. The molecule has 1 aliphatic carbocycles. The van der Waals surface area contributed by atoms with Gasteiger partial charge in [0.25, 0.3) is 6.43 Å². The second-order valence-electron chi connectivity index (χ2n) is 10.1. The van der Waals surface area contributed by atoms with E-state index in [2.05, 4.69) is 25.4 Å². The molecule has 1 saturated heterocycles. The number of carbonyl (C=O) groups excluding carboxylic acids is 1. The number of amides is 1. The molecule has 4 aromatic heterocycles. The average Bonchev–Trinajstić information content (AvgIpc) is 3.63. The van der Waals surface area contributed by atoms with E-state index >= 15 is 0 Å². The second-order valence-corrected chi connectivity index (χ2v) is 10.1. The molecule has 5 heterocycles. The predicted molar refractivity (Wildman–Crippen MR) is 135 cm³/mol. The van der Waals surface area contributed by atoms with E-state index in [-0.39, 0.29) is 12.0 Å². The zero-order valence-electron chi connectivity index (χ0n) is 20.8. The summed E-state index contributed by atoms with van der Waals surface area (Å²) in [4.78, 5) is 28.3. The van der Waals surface area contributed by atoms with Crippen molar-refractivity contribution in [3.63, 3.8) is 0 Å². The van der Waals surface area contributed by atoms with Crippen LogP contribution in [-0.4, -0.2) is 65.5 Å². The van der Waals surface area contributed by atoms with Gasteiger partial charge in [0, 0.05) is 36.8 Å². The molecule has 11 heteroatoms. The molecule has 1 saturated carbocycles. The van der Waals surface area contributed by atoms with Crippen LogP contribution in [0, 0.1) is 12.8 Å². The number of fused-ring (bicyclic) bond motifs is 2. The van der Waals surface area contributed by atoms with Crippen LogP contribution in [0.15, 0.2) is 30.6 Å². The number of anilines is 1. The van der Waals surface area contributed by atoms with Gasteiger partial charge < -0.3 is 14.8 Å². The predicted octanol–water partition coefficient (Wildman–Crippen LogP) is 4.31. The van der Waals surface area contributed by atoms with Gasteiger partial charge in [-0.25, -0.2) is 28.2 Å². The highest BCUT2D eigenvalue weighted by Crippen LogP contribution is 2.30. The Morgan fingerprint density at radius 3 is 2.65 bits per heavy atom. The summed E-state index contributed by atoms with van der Waals surface area (Å²) in [6.07, 6.45) is 6.96. The average molecular weight is 509 g/mol. The molecule has 0 spiro atoms. The van der Waals surface area contributed by atoms with Gasteiger partial charge in [-0.05, 0) is 63.6 Å². The van der Waals surface area contributed by atoms with Crippen molar-refractivity contribution in [1.82, 2.24) is 34.0 Å². The Hall–Kier alpha value is -3.63. The number of rotatable bonds is 6. The molecule has 2 aliphatic rings. The van der Waals surface area contributed by atoms with Crippen LogP contribution in [0.5, 0.6) is 0 Å². The number of alkyl halides is 2. The van der Waals surface area contributed by atoms with Gasteiger partial charge in [-0.15, -0.1) is 5.10 Å². The summed E-state index contributed by atoms with van der Waals surface area (Å²) in [5.41, 5.74) is 3.26. The Balaban J connectivity index is 1.17. The molecule has 2 fully saturated rings. The number of carbonyl (C=O) groups is 1. The monoisotopic (exact) mass is 508 g/mol. The molecule has 1 amide bonds. The van der Waals surface area contributed by atoms with E-state index < -0.39 is 13.0 Å². The Labute approximate surface area is 212 Å². The standard InChI is InChI=1S/C26H30F2N8O/c1-16-30-21-9-8-20(32-24(21)35(16)15-23(27)28)19-10-13-36-22(19)14-29-26(33-36)31-18-6-4-17(5-7-18)25(37)34-11-2-3-12-34/h8-10,13-14,17-18,23H,2-7,11-12,15H2,1H3,(H,31,33)/t17-,18+. The summed E-state index contributed by atoms with van der Waals surface area (Å²) >= 11 is 0. The van der Waals surface area contributed by atoms with Gasteiger partial charge in [0.15, 0.2) is 5.65 Å². The number of nitrogens with one attached hydrogen (secondary N) is 1. The molecular weight excluding hydrogens is 478 g/mol. The lowest BCUT2D eigenvalue weighted by atomic mass is 9.85. The van der Waals surface area contributed by atoms with Crippen LogP contribution in [0.3, 0.4) is 0 Å². The number of imidazole rings is 1. The number of hydrogen-bond acceptors (Lipinski definition) is 6. The Morgan fingerprint density at radius 1 is 1.11 bits per heavy atom. The maximum absolute atomic E-state index is 13.1. The number of aromatic nitrogens is 6. The van der Waals surface area contributed by atoms with Crippen LogP contribution in [0.1, 0.15) is 44.3 Å². The van der Waals surface area contributed by atoms with Gasteiger partial charge in [0.1, 0.15) is 11.3 Å². The summed E-state index contributed by atoms with van der Waals surface area (Å²) in [5.74, 6) is 1.51. The number of pyridine rings is 1. The van der Waals surface area contributed by atoms with Gasteiger partial charge in [-0.3, -0.25) is 4.79 Å². The van der Waals surface area contributed by atoms with Gasteiger partial charge in [0.05, 0.1) is 24.0 Å². The summed E-state index contributed by atoms with van der Waals surface area (Å²) < 4.78 is 29.4. The molecule has 9 nitrogen and oxygen atoms in total. The maximum Gasteiger partial charge on any atom is 0.256 e. The first kappa shape index (κ1) is 23.7. The maximum atomic E-state index is 13.1. The summed E-state index contributed by atoms with van der Waals surface area (Å²) in [6.45, 7) is 3.08. The van der Waals surface area contributed by atoms with E-state index in [9.17, 15) is 13.6 Å². The lowest BCUT2D eigenvalue weighted by Gasteiger charge is -2.30. The quantitative estimate of drug-likeness (QED) is 0.417. The summed E-state index contributed by atoms with van der Waals surface area (Å²) in [6, 6.07) is 5.78. The third kappa shape index (κ3) is 4.62. The number of nitrogens with zero attached hydrogens (tertiary/aromatic N) is 7. The number of aryl methyl sites for hydroxylation is 1. The highest BCUT2D eigenvalue weighted by atomic mass is 19.3. The molecule has 0 bridgehead atoms. The van der Waals surface area contributed by atoms with Crippen molar-refractivity contribution in [3.8, 4) is 11.3 Å². The minimum atomic E-state index is -2.49. The number of likely N-dealkylation sites (tertiary alicyclic amines) is 1. The molecule has 6 rings (SSSR count). The van der Waals surface area contributed by atoms with Crippen molar-refractivity contribution in [2.24, 2.45) is 5.92 Å². The molecule has 194 valence electrons. The Kier molecular flexibility index (Phi) is 6.21. The van der Waals surface area contributed by atoms with Crippen molar-refractivity contribution < 1.29 is 13.6 Å². The van der Waals surface area contributed by atoms with Gasteiger partial charge in [-0.2, -0.15) is 0 Å². The zero-order valence-corrected chi connectivity index (χ0v) is 20.8. The topological polar surface area (TPSA) is 93.2 Å². The smallest absolute Gasteiger partial charge is 0.256 e. The van der Waals surface area contributed by atoms with Crippen molar-refractivity contribution in [2.75, 3.05) is 18.4 Å². The fraction of sp³-hybridized carbons (Fsp3) is 0.500. The van der Waals surface area contributed by atoms with Crippen molar-refractivity contribution in [2.45, 2.75) is 64.5 Å². The molecule has 0 unspecified atom stereocenters. The van der Waals surface area contributed by atoms with Crippen LogP contribution >= 0.6 is 0 Å². The van der Waals surface area contributed by atoms with Crippen LogP contribution in [-0.2, 0) is 11.3 Å². The minimum Gasteiger partial charge on any atom is -0.350 e. The number of halogens is 2. The molecule has 0 aromatic carbocycles. The Bertz CT molecular complexity index is 1430. The highest BCUT2D eigenvalue weighted by Gasteiger charge is 2.30. The first-order chi connectivity index (χ1) is 18.0. The van der Waals surface area contributed by atoms with Crippen molar-refractivity contribution in [3.05, 3.63) is 36.4 Å². The van der Waals surface area contributed by atoms with E-state index in [1.165, 1.54) is 4.57 Å². The van der Waals surface area contributed by atoms with Gasteiger partial charge in [0.2, 0.25) is 11.9 Å². The highest BCUT2D eigenvalue weighted by molar-refractivity contribution is 5.83. The van der Waals surface area contributed by atoms with E-state index in [1.54, 1.807) is 23.7 Å².